The van der Waals surface area contributed by atoms with Crippen LogP contribution in [0, 0.1) is 5.92 Å². The molecule has 2 aromatic heterocycles. The molecule has 0 bridgehead atoms. The number of hydrogen-bond donors (Lipinski definition) is 1. The molecule has 0 atom stereocenters. The van der Waals surface area contributed by atoms with Crippen LogP contribution >= 0.6 is 0 Å². The number of hydrogen-bond acceptors (Lipinski definition) is 5. The van der Waals surface area contributed by atoms with Crippen molar-refractivity contribution < 1.29 is 4.79 Å². The Labute approximate surface area is 157 Å². The summed E-state index contributed by atoms with van der Waals surface area (Å²) in [7, 11) is 2.85. The number of aromatic nitrogens is 4. The molecular formula is C18H26N6O3. The van der Waals surface area contributed by atoms with Gasteiger partial charge in [0.1, 0.15) is 5.69 Å². The van der Waals surface area contributed by atoms with Gasteiger partial charge in [-0.3, -0.25) is 28.3 Å². The van der Waals surface area contributed by atoms with Crippen LogP contribution in [0.1, 0.15) is 35.7 Å². The maximum Gasteiger partial charge on any atom is 0.331 e. The zero-order valence-electron chi connectivity index (χ0n) is 16.2. The second-order valence-corrected chi connectivity index (χ2v) is 7.43. The van der Waals surface area contributed by atoms with Gasteiger partial charge in [0.15, 0.2) is 0 Å². The van der Waals surface area contributed by atoms with E-state index in [2.05, 4.69) is 29.2 Å². The van der Waals surface area contributed by atoms with Gasteiger partial charge in [-0.25, -0.2) is 4.79 Å². The lowest BCUT2D eigenvalue weighted by atomic mass is 10.2. The fourth-order valence-electron chi connectivity index (χ4n) is 3.35. The highest BCUT2D eigenvalue weighted by atomic mass is 16.2. The van der Waals surface area contributed by atoms with E-state index in [0.29, 0.717) is 5.92 Å². The zero-order valence-corrected chi connectivity index (χ0v) is 16.2. The van der Waals surface area contributed by atoms with Crippen LogP contribution in [0.2, 0.25) is 0 Å². The average Bonchev–Trinajstić information content (AvgIpc) is 3.02. The standard InChI is InChI=1S/C18H26N6O3/c1-12(2)10-23-5-6-24-14(11-23)7-13(20-24)9-19-17(26)15-8-16(25)22(4)18(27)21(15)3/h7-8,12H,5-6,9-11H2,1-4H3,(H,19,26). The third kappa shape index (κ3) is 4.02. The van der Waals surface area contributed by atoms with Gasteiger partial charge >= 0.3 is 5.69 Å². The third-order valence-corrected chi connectivity index (χ3v) is 4.74. The smallest absolute Gasteiger partial charge is 0.331 e. The Hall–Kier alpha value is -2.68. The van der Waals surface area contributed by atoms with Crippen LogP contribution in [0.5, 0.6) is 0 Å². The molecule has 0 saturated carbocycles. The van der Waals surface area contributed by atoms with Gasteiger partial charge in [-0.2, -0.15) is 5.10 Å². The maximum absolute atomic E-state index is 12.4. The molecule has 3 rings (SSSR count). The van der Waals surface area contributed by atoms with E-state index in [0.717, 1.165) is 42.1 Å². The summed E-state index contributed by atoms with van der Waals surface area (Å²) >= 11 is 0. The monoisotopic (exact) mass is 374 g/mol. The summed E-state index contributed by atoms with van der Waals surface area (Å²) in [4.78, 5) is 38.5. The minimum atomic E-state index is -0.532. The molecule has 2 aromatic rings. The molecule has 27 heavy (non-hydrogen) atoms. The molecular weight excluding hydrogens is 348 g/mol. The highest BCUT2D eigenvalue weighted by Gasteiger charge is 2.19. The second-order valence-electron chi connectivity index (χ2n) is 7.43. The lowest BCUT2D eigenvalue weighted by Crippen LogP contribution is -2.41. The van der Waals surface area contributed by atoms with E-state index in [1.54, 1.807) is 0 Å². The first-order valence-electron chi connectivity index (χ1n) is 9.09. The topological polar surface area (TPSA) is 94.2 Å². The Bertz CT molecular complexity index is 968. The summed E-state index contributed by atoms with van der Waals surface area (Å²) in [5.41, 5.74) is 0.891. The van der Waals surface area contributed by atoms with E-state index < -0.39 is 17.2 Å². The van der Waals surface area contributed by atoms with Crippen LogP contribution < -0.4 is 16.6 Å². The largest absolute Gasteiger partial charge is 0.345 e. The number of nitrogens with zero attached hydrogens (tertiary/aromatic N) is 5. The predicted octanol–water partition coefficient (Wildman–Crippen LogP) is -0.318. The Morgan fingerprint density at radius 1 is 1.19 bits per heavy atom. The van der Waals surface area contributed by atoms with Crippen LogP contribution in [0.15, 0.2) is 21.7 Å². The highest BCUT2D eigenvalue weighted by Crippen LogP contribution is 2.15. The van der Waals surface area contributed by atoms with E-state index in [-0.39, 0.29) is 12.2 Å². The normalized spacial score (nSPS) is 14.4. The number of carbonyl (C=O) groups is 1. The first-order chi connectivity index (χ1) is 12.8. The maximum atomic E-state index is 12.4. The molecule has 0 aromatic carbocycles. The number of carbonyl (C=O) groups excluding carboxylic acids is 1. The predicted molar refractivity (Wildman–Crippen MR) is 100 cm³/mol. The van der Waals surface area contributed by atoms with E-state index >= 15 is 0 Å². The van der Waals surface area contributed by atoms with Crippen LogP contribution in [0.25, 0.3) is 0 Å². The zero-order chi connectivity index (χ0) is 19.7. The molecule has 0 saturated heterocycles. The fourth-order valence-corrected chi connectivity index (χ4v) is 3.35. The van der Waals surface area contributed by atoms with Gasteiger partial charge in [-0.15, -0.1) is 0 Å². The van der Waals surface area contributed by atoms with E-state index in [1.807, 2.05) is 10.7 Å². The summed E-state index contributed by atoms with van der Waals surface area (Å²) in [6.45, 7) is 8.35. The van der Waals surface area contributed by atoms with Crippen LogP contribution in [-0.2, 0) is 33.7 Å². The molecule has 0 aliphatic carbocycles. The van der Waals surface area contributed by atoms with Gasteiger partial charge in [-0.1, -0.05) is 13.8 Å². The molecule has 0 spiro atoms. The first-order valence-corrected chi connectivity index (χ1v) is 9.09. The Kier molecular flexibility index (Phi) is 5.31. The van der Waals surface area contributed by atoms with E-state index in [1.165, 1.54) is 24.7 Å². The Morgan fingerprint density at radius 3 is 2.63 bits per heavy atom. The number of amides is 1. The molecule has 0 radical (unpaired) electrons. The van der Waals surface area contributed by atoms with Gasteiger partial charge in [0, 0.05) is 39.8 Å². The SMILES string of the molecule is CC(C)CN1CCn2nc(CNC(=O)c3cc(=O)n(C)c(=O)n3C)cc2C1. The van der Waals surface area contributed by atoms with E-state index in [9.17, 15) is 14.4 Å². The molecule has 1 aliphatic rings. The summed E-state index contributed by atoms with van der Waals surface area (Å²) in [6.07, 6.45) is 0. The van der Waals surface area contributed by atoms with Crippen molar-refractivity contribution in [2.75, 3.05) is 13.1 Å². The highest BCUT2D eigenvalue weighted by molar-refractivity contribution is 5.92. The van der Waals surface area contributed by atoms with Crippen molar-refractivity contribution in [3.05, 3.63) is 50.1 Å². The summed E-state index contributed by atoms with van der Waals surface area (Å²) in [6, 6.07) is 3.16. The summed E-state index contributed by atoms with van der Waals surface area (Å²) in [5, 5.41) is 7.29. The molecule has 1 amide bonds. The van der Waals surface area contributed by atoms with Gasteiger partial charge in [-0.05, 0) is 12.0 Å². The van der Waals surface area contributed by atoms with Gasteiger partial charge in [0.05, 0.1) is 24.5 Å². The quantitative estimate of drug-likeness (QED) is 0.774. The van der Waals surface area contributed by atoms with Crippen molar-refractivity contribution in [3.8, 4) is 0 Å². The molecule has 1 aliphatic heterocycles. The fraction of sp³-hybridized carbons (Fsp3) is 0.556. The van der Waals surface area contributed by atoms with Gasteiger partial charge in [0.25, 0.3) is 11.5 Å². The lowest BCUT2D eigenvalue weighted by Gasteiger charge is -2.28. The number of rotatable bonds is 5. The number of fused-ring (bicyclic) bond motifs is 1. The molecule has 1 N–H and O–H groups in total. The Balaban J connectivity index is 1.68. The van der Waals surface area contributed by atoms with Crippen molar-refractivity contribution in [2.45, 2.75) is 33.5 Å². The van der Waals surface area contributed by atoms with Crippen molar-refractivity contribution in [2.24, 2.45) is 20.0 Å². The second kappa shape index (κ2) is 7.51. The van der Waals surface area contributed by atoms with Crippen molar-refractivity contribution in [1.82, 2.24) is 29.1 Å². The summed E-state index contributed by atoms with van der Waals surface area (Å²) in [5.74, 6) is 0.142. The van der Waals surface area contributed by atoms with Crippen molar-refractivity contribution in [3.63, 3.8) is 0 Å². The molecule has 0 fully saturated rings. The number of nitrogens with one attached hydrogen (secondary N) is 1. The van der Waals surface area contributed by atoms with Crippen LogP contribution in [0.3, 0.4) is 0 Å². The van der Waals surface area contributed by atoms with Crippen LogP contribution in [0.4, 0.5) is 0 Å². The average molecular weight is 374 g/mol. The minimum Gasteiger partial charge on any atom is -0.345 e. The molecule has 0 unspecified atom stereocenters. The lowest BCUT2D eigenvalue weighted by molar-refractivity contribution is 0.0940. The van der Waals surface area contributed by atoms with E-state index in [4.69, 9.17) is 0 Å². The van der Waals surface area contributed by atoms with Gasteiger partial charge < -0.3 is 5.32 Å². The summed E-state index contributed by atoms with van der Waals surface area (Å²) < 4.78 is 4.11. The third-order valence-electron chi connectivity index (χ3n) is 4.74. The first kappa shape index (κ1) is 19.1. The molecule has 9 heteroatoms. The van der Waals surface area contributed by atoms with Crippen molar-refractivity contribution >= 4 is 5.91 Å². The molecule has 146 valence electrons. The minimum absolute atomic E-state index is 0.0372. The van der Waals surface area contributed by atoms with Crippen LogP contribution in [-0.4, -0.2) is 42.8 Å². The van der Waals surface area contributed by atoms with Gasteiger partial charge in [0.2, 0.25) is 0 Å². The molecule has 9 nitrogen and oxygen atoms in total. The van der Waals surface area contributed by atoms with Crippen molar-refractivity contribution in [1.29, 1.82) is 0 Å². The molecule has 3 heterocycles. The Morgan fingerprint density at radius 2 is 1.93 bits per heavy atom.